The molecule has 0 rings (SSSR count). The molecule has 0 saturated heterocycles. The van der Waals surface area contributed by atoms with Gasteiger partial charge in [-0.2, -0.15) is 0 Å². The first-order chi connectivity index (χ1) is 13.2. The van der Waals surface area contributed by atoms with Crippen LogP contribution in [0, 0.1) is 10.6 Å². The fourth-order valence-corrected chi connectivity index (χ4v) is 3.18. The molecular weight excluding hydrogens is 344 g/mol. The van der Waals surface area contributed by atoms with Crippen LogP contribution in [0.5, 0.6) is 0 Å². The number of azide groups is 1. The second-order valence-corrected chi connectivity index (χ2v) is 6.79. The summed E-state index contributed by atoms with van der Waals surface area (Å²) in [4.78, 5) is 2.71. The van der Waals surface area contributed by atoms with Gasteiger partial charge in [-0.15, -0.1) is 0 Å². The SMILES string of the molecule is CCCCCCCCCCCCC[C@@H](OB=N)[C@@H](OB=N)[C@H](CO)N=[N+]=[N-]. The molecule has 27 heavy (non-hydrogen) atoms. The summed E-state index contributed by atoms with van der Waals surface area (Å²) in [6, 6.07) is -0.853. The van der Waals surface area contributed by atoms with Gasteiger partial charge in [0, 0.05) is 0 Å². The van der Waals surface area contributed by atoms with Gasteiger partial charge >= 0.3 is 144 Å². The van der Waals surface area contributed by atoms with Crippen LogP contribution in [-0.2, 0) is 9.31 Å². The summed E-state index contributed by atoms with van der Waals surface area (Å²) in [6.45, 7) is 1.83. The van der Waals surface area contributed by atoms with Crippen molar-refractivity contribution in [3.63, 3.8) is 0 Å². The third-order valence-electron chi connectivity index (χ3n) is 4.69. The Bertz CT molecular complexity index is 425. The Labute approximate surface area is 164 Å². The van der Waals surface area contributed by atoms with Crippen LogP contribution >= 0.6 is 0 Å². The number of nitrogens with one attached hydrogen (secondary N) is 2. The van der Waals surface area contributed by atoms with Gasteiger partial charge in [0.15, 0.2) is 0 Å². The van der Waals surface area contributed by atoms with Crippen molar-refractivity contribution in [1.82, 2.24) is 0 Å². The summed E-state index contributed by atoms with van der Waals surface area (Å²) in [5.74, 6) is 0. The van der Waals surface area contributed by atoms with Crippen molar-refractivity contribution >= 4 is 14.5 Å². The number of unbranched alkanes of at least 4 members (excludes halogenated alkanes) is 10. The van der Waals surface area contributed by atoms with E-state index >= 15 is 0 Å². The minimum atomic E-state index is -0.853. The Morgan fingerprint density at radius 3 is 1.89 bits per heavy atom. The van der Waals surface area contributed by atoms with Crippen molar-refractivity contribution in [2.24, 2.45) is 5.11 Å². The zero-order valence-electron chi connectivity index (χ0n) is 16.7. The van der Waals surface area contributed by atoms with Gasteiger partial charge in [0.1, 0.15) is 0 Å². The molecule has 3 atom stereocenters. The fourth-order valence-electron chi connectivity index (χ4n) is 3.18. The van der Waals surface area contributed by atoms with Crippen molar-refractivity contribution in [3.8, 4) is 0 Å². The molecule has 0 aliphatic rings. The molecule has 0 saturated carbocycles. The molecule has 10 heteroatoms. The summed E-state index contributed by atoms with van der Waals surface area (Å²) < 4.78 is 10.5. The Balaban J connectivity index is 4.13. The Morgan fingerprint density at radius 2 is 1.44 bits per heavy atom. The Kier molecular flexibility index (Phi) is 18.4. The molecule has 0 aromatic rings. The first-order valence-corrected chi connectivity index (χ1v) is 10.2. The van der Waals surface area contributed by atoms with Gasteiger partial charge in [-0.1, -0.05) is 19.8 Å². The number of hydrogen-bond acceptors (Lipinski definition) is 6. The molecule has 0 heterocycles. The van der Waals surface area contributed by atoms with Crippen LogP contribution in [0.2, 0.25) is 0 Å². The minimum absolute atomic E-state index is 0.404. The Hall–Kier alpha value is -1.40. The summed E-state index contributed by atoms with van der Waals surface area (Å²) in [6.07, 6.45) is 12.9. The van der Waals surface area contributed by atoms with E-state index in [2.05, 4.69) is 16.9 Å². The van der Waals surface area contributed by atoms with Crippen LogP contribution in [0.25, 0.3) is 10.4 Å². The van der Waals surface area contributed by atoms with Crippen LogP contribution in [0.1, 0.15) is 84.0 Å². The summed E-state index contributed by atoms with van der Waals surface area (Å²) in [5, 5.41) is 27.2. The van der Waals surface area contributed by atoms with Crippen molar-refractivity contribution in [2.45, 2.75) is 102 Å². The monoisotopic (exact) mass is 379 g/mol. The van der Waals surface area contributed by atoms with Crippen LogP contribution < -0.4 is 0 Å². The molecule has 0 radical (unpaired) electrons. The maximum atomic E-state index is 9.40. The molecule has 0 aliphatic carbocycles. The molecule has 0 bridgehead atoms. The van der Waals surface area contributed by atoms with E-state index in [0.29, 0.717) is 6.42 Å². The molecule has 0 amide bonds. The zero-order chi connectivity index (χ0) is 20.2. The molecule has 3 N–H and O–H groups in total. The first-order valence-electron chi connectivity index (χ1n) is 10.2. The first kappa shape index (κ1) is 25.6. The normalized spacial score (nSPS) is 13.6. The van der Waals surface area contributed by atoms with Crippen LogP contribution in [0.4, 0.5) is 0 Å². The van der Waals surface area contributed by atoms with Crippen molar-refractivity contribution in [2.75, 3.05) is 6.61 Å². The number of aliphatic hydroxyl groups excluding tert-OH is 1. The number of aliphatic hydroxyl groups is 1. The van der Waals surface area contributed by atoms with E-state index in [1.807, 2.05) is 0 Å². The molecule has 0 fully saturated rings. The third-order valence-corrected chi connectivity index (χ3v) is 4.69. The Morgan fingerprint density at radius 1 is 0.926 bits per heavy atom. The van der Waals surface area contributed by atoms with Crippen molar-refractivity contribution < 1.29 is 14.4 Å². The molecule has 0 aromatic carbocycles. The van der Waals surface area contributed by atoms with E-state index in [-0.39, 0.29) is 0 Å². The topological polar surface area (TPSA) is 135 Å². The fraction of sp³-hybridized carbons (Fsp3) is 1.00. The summed E-state index contributed by atoms with van der Waals surface area (Å²) in [7, 11) is 1.58. The zero-order valence-corrected chi connectivity index (χ0v) is 16.7. The van der Waals surface area contributed by atoms with Gasteiger partial charge in [0.2, 0.25) is 0 Å². The molecule has 0 aromatic heterocycles. The molecule has 0 spiro atoms. The van der Waals surface area contributed by atoms with Gasteiger partial charge in [-0.05, 0) is 0 Å². The van der Waals surface area contributed by atoms with Gasteiger partial charge in [-0.3, -0.25) is 0 Å². The van der Waals surface area contributed by atoms with Crippen molar-refractivity contribution in [3.05, 3.63) is 10.4 Å². The average Bonchev–Trinajstić information content (AvgIpc) is 2.68. The van der Waals surface area contributed by atoms with Gasteiger partial charge in [0.25, 0.3) is 0 Å². The molecule has 0 aliphatic heterocycles. The number of rotatable bonds is 20. The summed E-state index contributed by atoms with van der Waals surface area (Å²) in [5.41, 5.74) is 8.62. The van der Waals surface area contributed by atoms with Crippen molar-refractivity contribution in [1.29, 1.82) is 10.6 Å². The van der Waals surface area contributed by atoms with Gasteiger partial charge < -0.3 is 0 Å². The molecular formula is C17H35B2N5O3. The predicted molar refractivity (Wildman–Crippen MR) is 108 cm³/mol. The quantitative estimate of drug-likeness (QED) is 0.0913. The third kappa shape index (κ3) is 13.4. The summed E-state index contributed by atoms with van der Waals surface area (Å²) >= 11 is 0. The average molecular weight is 379 g/mol. The predicted octanol–water partition coefficient (Wildman–Crippen LogP) is 4.89. The molecule has 0 unspecified atom stereocenters. The molecule has 152 valence electrons. The van der Waals surface area contributed by atoms with E-state index in [1.54, 1.807) is 0 Å². The van der Waals surface area contributed by atoms with Gasteiger partial charge in [-0.25, -0.2) is 0 Å². The van der Waals surface area contributed by atoms with E-state index in [1.165, 1.54) is 51.4 Å². The second kappa shape index (κ2) is 19.4. The van der Waals surface area contributed by atoms with E-state index in [0.717, 1.165) is 33.8 Å². The number of hydrogen-bond donors (Lipinski definition) is 3. The van der Waals surface area contributed by atoms with Crippen LogP contribution in [0.15, 0.2) is 5.11 Å². The second-order valence-electron chi connectivity index (χ2n) is 6.79. The van der Waals surface area contributed by atoms with Gasteiger partial charge in [0.05, 0.1) is 0 Å². The van der Waals surface area contributed by atoms with E-state index in [9.17, 15) is 5.11 Å². The number of nitrogens with zero attached hydrogens (tertiary/aromatic N) is 3. The van der Waals surface area contributed by atoms with Crippen LogP contribution in [0.3, 0.4) is 0 Å². The maximum absolute atomic E-state index is 9.40. The van der Waals surface area contributed by atoms with Crippen LogP contribution in [-0.4, -0.2) is 44.5 Å². The van der Waals surface area contributed by atoms with E-state index < -0.39 is 24.9 Å². The molecule has 8 nitrogen and oxygen atoms in total. The standard InChI is InChI=1S/C17H35B2N5O3/c1-2-3-4-5-6-7-8-9-10-11-12-13-16(26-18-20)17(27-19-21)15(14-25)23-24-22/h15-17,20-21,25H,2-14H2,1H3/t15-,16+,17-/m0/s1. The van der Waals surface area contributed by atoms with E-state index in [4.69, 9.17) is 25.5 Å².